The van der Waals surface area contributed by atoms with Crippen molar-refractivity contribution in [3.05, 3.63) is 45.6 Å². The highest BCUT2D eigenvalue weighted by molar-refractivity contribution is 6.30. The van der Waals surface area contributed by atoms with Crippen molar-refractivity contribution in [3.8, 4) is 0 Å². The smallest absolute Gasteiger partial charge is 0.329 e. The SMILES string of the molecule is CN(c1nc(Nc2ccc(Cl)cc2)ncc1[N+](=O)[O-])C1CCNCC1. The van der Waals surface area contributed by atoms with Crippen LogP contribution in [0, 0.1) is 10.1 Å². The van der Waals surface area contributed by atoms with Crippen molar-refractivity contribution < 1.29 is 4.92 Å². The number of halogens is 1. The van der Waals surface area contributed by atoms with Gasteiger partial charge in [0.15, 0.2) is 0 Å². The molecule has 8 nitrogen and oxygen atoms in total. The molecule has 0 amide bonds. The Morgan fingerprint density at radius 3 is 2.64 bits per heavy atom. The lowest BCUT2D eigenvalue weighted by atomic mass is 10.1. The molecule has 25 heavy (non-hydrogen) atoms. The highest BCUT2D eigenvalue weighted by Crippen LogP contribution is 2.29. The molecule has 2 heterocycles. The van der Waals surface area contributed by atoms with Crippen molar-refractivity contribution in [3.63, 3.8) is 0 Å². The van der Waals surface area contributed by atoms with E-state index in [0.29, 0.717) is 16.8 Å². The molecular weight excluding hydrogens is 344 g/mol. The molecule has 1 aliphatic rings. The summed E-state index contributed by atoms with van der Waals surface area (Å²) in [5.41, 5.74) is 0.663. The van der Waals surface area contributed by atoms with E-state index in [-0.39, 0.29) is 11.7 Å². The first-order valence-electron chi connectivity index (χ1n) is 8.02. The van der Waals surface area contributed by atoms with Crippen LogP contribution in [0.3, 0.4) is 0 Å². The van der Waals surface area contributed by atoms with Crippen LogP contribution in [0.2, 0.25) is 5.02 Å². The lowest BCUT2D eigenvalue weighted by Crippen LogP contribution is -2.41. The van der Waals surface area contributed by atoms with Gasteiger partial charge in [0, 0.05) is 23.8 Å². The molecule has 1 aromatic heterocycles. The average Bonchev–Trinajstić information content (AvgIpc) is 2.63. The fourth-order valence-corrected chi connectivity index (χ4v) is 2.97. The summed E-state index contributed by atoms with van der Waals surface area (Å²) >= 11 is 5.88. The standard InChI is InChI=1S/C16H19ClN6O2/c1-22(13-6-8-18-9-7-13)15-14(23(24)25)10-19-16(21-15)20-12-4-2-11(17)3-5-12/h2-5,10,13,18H,6-9H2,1H3,(H,19,20,21). The molecule has 0 radical (unpaired) electrons. The van der Waals surface area contributed by atoms with E-state index < -0.39 is 4.92 Å². The van der Waals surface area contributed by atoms with Gasteiger partial charge in [-0.1, -0.05) is 11.6 Å². The zero-order chi connectivity index (χ0) is 17.8. The van der Waals surface area contributed by atoms with E-state index >= 15 is 0 Å². The summed E-state index contributed by atoms with van der Waals surface area (Å²) in [7, 11) is 1.84. The zero-order valence-corrected chi connectivity index (χ0v) is 14.5. The third kappa shape index (κ3) is 4.15. The first-order chi connectivity index (χ1) is 12.0. The van der Waals surface area contributed by atoms with E-state index in [4.69, 9.17) is 11.6 Å². The van der Waals surface area contributed by atoms with Crippen molar-refractivity contribution in [2.45, 2.75) is 18.9 Å². The summed E-state index contributed by atoms with van der Waals surface area (Å²) in [5, 5.41) is 18.3. The molecule has 0 saturated carbocycles. The minimum atomic E-state index is -0.445. The number of rotatable bonds is 5. The van der Waals surface area contributed by atoms with Crippen molar-refractivity contribution in [1.29, 1.82) is 0 Å². The van der Waals surface area contributed by atoms with Crippen LogP contribution < -0.4 is 15.5 Å². The minimum Gasteiger partial charge on any atom is -0.351 e. The molecule has 3 rings (SSSR count). The number of benzene rings is 1. The molecule has 0 bridgehead atoms. The van der Waals surface area contributed by atoms with Gasteiger partial charge in [-0.25, -0.2) is 4.98 Å². The molecular formula is C16H19ClN6O2. The fourth-order valence-electron chi connectivity index (χ4n) is 2.84. The Morgan fingerprint density at radius 2 is 2.00 bits per heavy atom. The zero-order valence-electron chi connectivity index (χ0n) is 13.8. The molecule has 0 atom stereocenters. The minimum absolute atomic E-state index is 0.0947. The monoisotopic (exact) mass is 362 g/mol. The van der Waals surface area contributed by atoms with E-state index in [1.54, 1.807) is 24.3 Å². The summed E-state index contributed by atoms with van der Waals surface area (Å²) in [6.07, 6.45) is 3.08. The number of hydrogen-bond donors (Lipinski definition) is 2. The molecule has 1 fully saturated rings. The quantitative estimate of drug-likeness (QED) is 0.623. The first-order valence-corrected chi connectivity index (χ1v) is 8.40. The lowest BCUT2D eigenvalue weighted by molar-refractivity contribution is -0.384. The van der Waals surface area contributed by atoms with E-state index in [2.05, 4.69) is 20.6 Å². The third-order valence-corrected chi connectivity index (χ3v) is 4.49. The average molecular weight is 363 g/mol. The summed E-state index contributed by atoms with van der Waals surface area (Å²) < 4.78 is 0. The van der Waals surface area contributed by atoms with Gasteiger partial charge >= 0.3 is 5.69 Å². The second kappa shape index (κ2) is 7.62. The number of aromatic nitrogens is 2. The highest BCUT2D eigenvalue weighted by Gasteiger charge is 2.26. The van der Waals surface area contributed by atoms with Crippen LogP contribution in [0.1, 0.15) is 12.8 Å². The molecule has 132 valence electrons. The Balaban J connectivity index is 1.88. The summed E-state index contributed by atoms with van der Waals surface area (Å²) in [5.74, 6) is 0.632. The summed E-state index contributed by atoms with van der Waals surface area (Å²) in [6, 6.07) is 7.29. The molecule has 1 aliphatic heterocycles. The number of nitrogens with zero attached hydrogens (tertiary/aromatic N) is 4. The maximum Gasteiger partial charge on any atom is 0.329 e. The molecule has 0 aliphatic carbocycles. The van der Waals surface area contributed by atoms with E-state index in [0.717, 1.165) is 31.6 Å². The van der Waals surface area contributed by atoms with Gasteiger partial charge in [-0.3, -0.25) is 10.1 Å². The van der Waals surface area contributed by atoms with Gasteiger partial charge in [0.05, 0.1) is 4.92 Å². The van der Waals surface area contributed by atoms with Crippen LogP contribution in [-0.4, -0.2) is 41.1 Å². The maximum atomic E-state index is 11.4. The fraction of sp³-hybridized carbons (Fsp3) is 0.375. The Morgan fingerprint density at radius 1 is 1.32 bits per heavy atom. The normalized spacial score (nSPS) is 15.0. The topological polar surface area (TPSA) is 96.2 Å². The predicted molar refractivity (Wildman–Crippen MR) is 97.7 cm³/mol. The second-order valence-corrected chi connectivity index (χ2v) is 6.32. The molecule has 0 spiro atoms. The Labute approximate surface area is 150 Å². The number of nitro groups is 1. The molecule has 9 heteroatoms. The van der Waals surface area contributed by atoms with Crippen LogP contribution in [0.5, 0.6) is 0 Å². The van der Waals surface area contributed by atoms with Gasteiger partial charge in [-0.05, 0) is 50.2 Å². The van der Waals surface area contributed by atoms with Crippen LogP contribution in [0.4, 0.5) is 23.1 Å². The number of hydrogen-bond acceptors (Lipinski definition) is 7. The van der Waals surface area contributed by atoms with Crippen LogP contribution in [0.15, 0.2) is 30.5 Å². The summed E-state index contributed by atoms with van der Waals surface area (Å²) in [6.45, 7) is 1.79. The van der Waals surface area contributed by atoms with Gasteiger partial charge in [0.1, 0.15) is 6.20 Å². The van der Waals surface area contributed by atoms with Crippen molar-refractivity contribution in [2.75, 3.05) is 30.4 Å². The van der Waals surface area contributed by atoms with E-state index in [1.807, 2.05) is 11.9 Å². The van der Waals surface area contributed by atoms with E-state index in [9.17, 15) is 10.1 Å². The third-order valence-electron chi connectivity index (χ3n) is 4.24. The number of anilines is 3. The van der Waals surface area contributed by atoms with Gasteiger partial charge < -0.3 is 15.5 Å². The van der Waals surface area contributed by atoms with Gasteiger partial charge in [0.25, 0.3) is 0 Å². The number of piperidine rings is 1. The predicted octanol–water partition coefficient (Wildman–Crippen LogP) is 2.97. The molecule has 1 saturated heterocycles. The maximum absolute atomic E-state index is 11.4. The highest BCUT2D eigenvalue weighted by atomic mass is 35.5. The Bertz CT molecular complexity index is 749. The van der Waals surface area contributed by atoms with E-state index in [1.165, 1.54) is 6.20 Å². The Hall–Kier alpha value is -2.45. The molecule has 2 N–H and O–H groups in total. The van der Waals surface area contributed by atoms with Gasteiger partial charge in [-0.15, -0.1) is 0 Å². The lowest BCUT2D eigenvalue weighted by Gasteiger charge is -2.32. The first kappa shape index (κ1) is 17.4. The van der Waals surface area contributed by atoms with Crippen LogP contribution in [-0.2, 0) is 0 Å². The Kier molecular flexibility index (Phi) is 5.30. The van der Waals surface area contributed by atoms with Crippen molar-refractivity contribution >= 4 is 34.7 Å². The molecule has 2 aromatic rings. The molecule has 1 aromatic carbocycles. The van der Waals surface area contributed by atoms with Crippen LogP contribution >= 0.6 is 11.6 Å². The van der Waals surface area contributed by atoms with Crippen molar-refractivity contribution in [2.24, 2.45) is 0 Å². The van der Waals surface area contributed by atoms with Gasteiger partial charge in [-0.2, -0.15) is 4.98 Å². The second-order valence-electron chi connectivity index (χ2n) is 5.88. The molecule has 0 unspecified atom stereocenters. The summed E-state index contributed by atoms with van der Waals surface area (Å²) in [4.78, 5) is 21.3. The largest absolute Gasteiger partial charge is 0.351 e. The number of nitrogens with one attached hydrogen (secondary N) is 2. The van der Waals surface area contributed by atoms with Crippen LogP contribution in [0.25, 0.3) is 0 Å². The van der Waals surface area contributed by atoms with Crippen molar-refractivity contribution in [1.82, 2.24) is 15.3 Å². The van der Waals surface area contributed by atoms with Gasteiger partial charge in [0.2, 0.25) is 11.8 Å².